The molecule has 1 aromatic carbocycles. The van der Waals surface area contributed by atoms with E-state index in [-0.39, 0.29) is 17.6 Å². The van der Waals surface area contributed by atoms with Crippen molar-refractivity contribution in [1.82, 2.24) is 0 Å². The summed E-state index contributed by atoms with van der Waals surface area (Å²) in [5.74, 6) is 0.455. The summed E-state index contributed by atoms with van der Waals surface area (Å²) in [6.07, 6.45) is 1.70. The summed E-state index contributed by atoms with van der Waals surface area (Å²) in [5, 5.41) is 0. The molecule has 0 fully saturated rings. The van der Waals surface area contributed by atoms with Crippen LogP contribution in [0.25, 0.3) is 0 Å². The number of anilines is 1. The highest BCUT2D eigenvalue weighted by atomic mass is 16.2. The summed E-state index contributed by atoms with van der Waals surface area (Å²) >= 11 is 0. The molecule has 4 nitrogen and oxygen atoms in total. The maximum absolute atomic E-state index is 12.1. The molecule has 1 heterocycles. The first-order valence-corrected chi connectivity index (χ1v) is 6.65. The standard InChI is InChI=1S/C15H20N2O2/c1-10(9-16)7-14(18)12-3-5-13-11(8-12)4-6-15(19)17(13)2/h3,5,8,10H,4,6-7,9,16H2,1-2H3. The summed E-state index contributed by atoms with van der Waals surface area (Å²) in [6.45, 7) is 2.50. The van der Waals surface area contributed by atoms with Crippen LogP contribution < -0.4 is 10.6 Å². The van der Waals surface area contributed by atoms with Crippen LogP contribution in [-0.4, -0.2) is 25.3 Å². The van der Waals surface area contributed by atoms with Gasteiger partial charge in [-0.05, 0) is 42.6 Å². The van der Waals surface area contributed by atoms with Crippen LogP contribution in [-0.2, 0) is 11.2 Å². The molecule has 4 heteroatoms. The molecule has 1 aliphatic rings. The second-order valence-electron chi connectivity index (χ2n) is 5.26. The first kappa shape index (κ1) is 13.7. The van der Waals surface area contributed by atoms with Crippen LogP contribution in [0.4, 0.5) is 5.69 Å². The van der Waals surface area contributed by atoms with Crippen molar-refractivity contribution >= 4 is 17.4 Å². The van der Waals surface area contributed by atoms with Gasteiger partial charge in [0.1, 0.15) is 0 Å². The van der Waals surface area contributed by atoms with Gasteiger partial charge in [0.15, 0.2) is 5.78 Å². The fraction of sp³-hybridized carbons (Fsp3) is 0.467. The Bertz CT molecular complexity index is 511. The van der Waals surface area contributed by atoms with E-state index >= 15 is 0 Å². The Labute approximate surface area is 113 Å². The van der Waals surface area contributed by atoms with Gasteiger partial charge in [-0.1, -0.05) is 6.92 Å². The summed E-state index contributed by atoms with van der Waals surface area (Å²) in [4.78, 5) is 25.4. The molecular weight excluding hydrogens is 240 g/mol. The van der Waals surface area contributed by atoms with Crippen LogP contribution in [0, 0.1) is 5.92 Å². The summed E-state index contributed by atoms with van der Waals surface area (Å²) in [6, 6.07) is 5.59. The number of carbonyl (C=O) groups excluding carboxylic acids is 2. The summed E-state index contributed by atoms with van der Waals surface area (Å²) in [5.41, 5.74) is 8.26. The van der Waals surface area contributed by atoms with Crippen LogP contribution in [0.2, 0.25) is 0 Å². The number of nitrogens with two attached hydrogens (primary N) is 1. The first-order valence-electron chi connectivity index (χ1n) is 6.65. The minimum atomic E-state index is 0.125. The smallest absolute Gasteiger partial charge is 0.227 e. The number of hydrogen-bond acceptors (Lipinski definition) is 3. The second kappa shape index (κ2) is 5.53. The fourth-order valence-corrected chi connectivity index (χ4v) is 2.35. The van der Waals surface area contributed by atoms with Gasteiger partial charge in [-0.25, -0.2) is 0 Å². The topological polar surface area (TPSA) is 63.4 Å². The molecule has 1 aromatic rings. The van der Waals surface area contributed by atoms with Crippen molar-refractivity contribution in [3.8, 4) is 0 Å². The van der Waals surface area contributed by atoms with E-state index in [2.05, 4.69) is 0 Å². The number of hydrogen-bond donors (Lipinski definition) is 1. The Kier molecular flexibility index (Phi) is 4.00. The lowest BCUT2D eigenvalue weighted by molar-refractivity contribution is -0.118. The number of nitrogens with zero attached hydrogens (tertiary/aromatic N) is 1. The van der Waals surface area contributed by atoms with Gasteiger partial charge < -0.3 is 10.6 Å². The molecule has 0 aliphatic carbocycles. The van der Waals surface area contributed by atoms with Gasteiger partial charge in [0, 0.05) is 31.1 Å². The van der Waals surface area contributed by atoms with E-state index in [9.17, 15) is 9.59 Å². The number of ketones is 1. The van der Waals surface area contributed by atoms with Crippen LogP contribution >= 0.6 is 0 Å². The highest BCUT2D eigenvalue weighted by molar-refractivity contribution is 5.99. The number of benzene rings is 1. The number of fused-ring (bicyclic) bond motifs is 1. The molecular formula is C15H20N2O2. The molecule has 0 saturated heterocycles. The van der Waals surface area contributed by atoms with Crippen molar-refractivity contribution < 1.29 is 9.59 Å². The zero-order chi connectivity index (χ0) is 14.0. The SMILES string of the molecule is CC(CN)CC(=O)c1ccc2c(c1)CCC(=O)N2C. The molecule has 1 unspecified atom stereocenters. The number of aryl methyl sites for hydroxylation is 1. The van der Waals surface area contributed by atoms with Gasteiger partial charge in [-0.2, -0.15) is 0 Å². The van der Waals surface area contributed by atoms with Crippen molar-refractivity contribution in [3.05, 3.63) is 29.3 Å². The Balaban J connectivity index is 2.22. The van der Waals surface area contributed by atoms with Crippen LogP contribution in [0.3, 0.4) is 0 Å². The van der Waals surface area contributed by atoms with Crippen LogP contribution in [0.5, 0.6) is 0 Å². The molecule has 1 amide bonds. The van der Waals surface area contributed by atoms with Crippen molar-refractivity contribution in [3.63, 3.8) is 0 Å². The Morgan fingerprint density at radius 3 is 2.84 bits per heavy atom. The third-order valence-electron chi connectivity index (χ3n) is 3.68. The summed E-state index contributed by atoms with van der Waals surface area (Å²) in [7, 11) is 1.78. The Morgan fingerprint density at radius 1 is 1.42 bits per heavy atom. The molecule has 2 N–H and O–H groups in total. The maximum Gasteiger partial charge on any atom is 0.227 e. The van der Waals surface area contributed by atoms with E-state index in [1.54, 1.807) is 18.0 Å². The predicted octanol–water partition coefficient (Wildman–Crippen LogP) is 1.76. The maximum atomic E-state index is 12.1. The largest absolute Gasteiger partial charge is 0.330 e. The molecule has 1 aliphatic heterocycles. The molecule has 0 aromatic heterocycles. The number of carbonyl (C=O) groups is 2. The van der Waals surface area contributed by atoms with Gasteiger partial charge in [-0.15, -0.1) is 0 Å². The van der Waals surface area contributed by atoms with E-state index in [1.165, 1.54) is 0 Å². The number of amides is 1. The Hall–Kier alpha value is -1.68. The van der Waals surface area contributed by atoms with Gasteiger partial charge in [-0.3, -0.25) is 9.59 Å². The number of rotatable bonds is 4. The van der Waals surface area contributed by atoms with Gasteiger partial charge in [0.05, 0.1) is 0 Å². The average molecular weight is 260 g/mol. The third kappa shape index (κ3) is 2.84. The zero-order valence-corrected chi connectivity index (χ0v) is 11.5. The lowest BCUT2D eigenvalue weighted by atomic mass is 9.94. The third-order valence-corrected chi connectivity index (χ3v) is 3.68. The number of Topliss-reactive ketones (excluding diaryl/α,β-unsaturated/α-hetero) is 1. The molecule has 19 heavy (non-hydrogen) atoms. The van der Waals surface area contributed by atoms with Crippen LogP contribution in [0.1, 0.15) is 35.7 Å². The Morgan fingerprint density at radius 2 is 2.16 bits per heavy atom. The average Bonchev–Trinajstić information content (AvgIpc) is 2.42. The molecule has 2 rings (SSSR count). The highest BCUT2D eigenvalue weighted by Gasteiger charge is 2.22. The van der Waals surface area contributed by atoms with Gasteiger partial charge in [0.25, 0.3) is 0 Å². The normalized spacial score (nSPS) is 16.2. The van der Waals surface area contributed by atoms with Crippen LogP contribution in [0.15, 0.2) is 18.2 Å². The molecule has 102 valence electrons. The van der Waals surface area contributed by atoms with Gasteiger partial charge >= 0.3 is 0 Å². The van der Waals surface area contributed by atoms with Crippen molar-refractivity contribution in [1.29, 1.82) is 0 Å². The first-order chi connectivity index (χ1) is 9.02. The van der Waals surface area contributed by atoms with Gasteiger partial charge in [0.2, 0.25) is 5.91 Å². The van der Waals surface area contributed by atoms with E-state index in [0.29, 0.717) is 25.8 Å². The van der Waals surface area contributed by atoms with E-state index < -0.39 is 0 Å². The molecule has 0 bridgehead atoms. The second-order valence-corrected chi connectivity index (χ2v) is 5.26. The van der Waals surface area contributed by atoms with E-state index in [1.807, 2.05) is 19.1 Å². The zero-order valence-electron chi connectivity index (χ0n) is 11.5. The van der Waals surface area contributed by atoms with Crippen molar-refractivity contribution in [2.45, 2.75) is 26.2 Å². The van der Waals surface area contributed by atoms with Crippen molar-refractivity contribution in [2.24, 2.45) is 11.7 Å². The quantitative estimate of drug-likeness (QED) is 0.839. The fourth-order valence-electron chi connectivity index (χ4n) is 2.35. The molecule has 0 spiro atoms. The van der Waals surface area contributed by atoms with E-state index in [0.717, 1.165) is 16.8 Å². The van der Waals surface area contributed by atoms with E-state index in [4.69, 9.17) is 5.73 Å². The molecule has 0 saturated carbocycles. The van der Waals surface area contributed by atoms with Crippen molar-refractivity contribution in [2.75, 3.05) is 18.5 Å². The lowest BCUT2D eigenvalue weighted by Crippen LogP contribution is -2.31. The minimum Gasteiger partial charge on any atom is -0.330 e. The molecule has 1 atom stereocenters. The molecule has 0 radical (unpaired) electrons. The monoisotopic (exact) mass is 260 g/mol. The minimum absolute atomic E-state index is 0.125. The summed E-state index contributed by atoms with van der Waals surface area (Å²) < 4.78 is 0. The predicted molar refractivity (Wildman–Crippen MR) is 75.3 cm³/mol. The highest BCUT2D eigenvalue weighted by Crippen LogP contribution is 2.28. The lowest BCUT2D eigenvalue weighted by Gasteiger charge is -2.26.